The number of nitrogens with one attached hydrogen (secondary N) is 1. The standard InChI is InChI=1S/C9H9NO4/c11-8(12)7-6-5(3-13-7)14-9(1-2-9)4-10-6/h3,10H,1-2,4H2,(H,11,12). The average Bonchev–Trinajstić information content (AvgIpc) is 2.77. The predicted molar refractivity (Wildman–Crippen MR) is 46.8 cm³/mol. The maximum absolute atomic E-state index is 10.7. The van der Waals surface area contributed by atoms with Crippen LogP contribution in [-0.2, 0) is 0 Å². The first kappa shape index (κ1) is 7.73. The van der Waals surface area contributed by atoms with Crippen LogP contribution in [0.25, 0.3) is 0 Å². The van der Waals surface area contributed by atoms with E-state index in [1.165, 1.54) is 6.26 Å². The van der Waals surface area contributed by atoms with Crippen LogP contribution in [0.15, 0.2) is 10.7 Å². The third-order valence-electron chi connectivity index (χ3n) is 2.67. The number of ether oxygens (including phenoxy) is 1. The number of fused-ring (bicyclic) bond motifs is 1. The van der Waals surface area contributed by atoms with Crippen molar-refractivity contribution in [2.45, 2.75) is 18.4 Å². The summed E-state index contributed by atoms with van der Waals surface area (Å²) in [7, 11) is 0. The number of carboxylic acids is 1. The van der Waals surface area contributed by atoms with Gasteiger partial charge < -0.3 is 19.6 Å². The number of hydrogen-bond acceptors (Lipinski definition) is 4. The summed E-state index contributed by atoms with van der Waals surface area (Å²) >= 11 is 0. The fraction of sp³-hybridized carbons (Fsp3) is 0.444. The van der Waals surface area contributed by atoms with Crippen molar-refractivity contribution in [3.63, 3.8) is 0 Å². The Balaban J connectivity index is 2.00. The summed E-state index contributed by atoms with van der Waals surface area (Å²) in [5.41, 5.74) is 0.377. The van der Waals surface area contributed by atoms with Crippen molar-refractivity contribution in [1.82, 2.24) is 0 Å². The first-order valence-corrected chi connectivity index (χ1v) is 4.48. The summed E-state index contributed by atoms with van der Waals surface area (Å²) in [5, 5.41) is 11.8. The highest BCUT2D eigenvalue weighted by Crippen LogP contribution is 2.47. The molecule has 0 amide bonds. The summed E-state index contributed by atoms with van der Waals surface area (Å²) in [6, 6.07) is 0. The highest BCUT2D eigenvalue weighted by molar-refractivity contribution is 5.93. The lowest BCUT2D eigenvalue weighted by atomic mass is 10.2. The highest BCUT2D eigenvalue weighted by atomic mass is 16.5. The van der Waals surface area contributed by atoms with Gasteiger partial charge in [0, 0.05) is 0 Å². The molecule has 1 aliphatic carbocycles. The van der Waals surface area contributed by atoms with E-state index in [0.717, 1.165) is 12.8 Å². The van der Waals surface area contributed by atoms with Gasteiger partial charge in [-0.05, 0) is 12.8 Å². The zero-order valence-corrected chi connectivity index (χ0v) is 7.37. The van der Waals surface area contributed by atoms with E-state index in [1.54, 1.807) is 0 Å². The monoisotopic (exact) mass is 195 g/mol. The summed E-state index contributed by atoms with van der Waals surface area (Å²) in [4.78, 5) is 10.7. The van der Waals surface area contributed by atoms with Gasteiger partial charge in [-0.2, -0.15) is 0 Å². The largest absolute Gasteiger partial charge is 0.480 e. The molecule has 2 heterocycles. The van der Waals surface area contributed by atoms with Crippen LogP contribution in [0, 0.1) is 0 Å². The summed E-state index contributed by atoms with van der Waals surface area (Å²) in [6.07, 6.45) is 3.39. The van der Waals surface area contributed by atoms with Crippen molar-refractivity contribution in [3.8, 4) is 5.75 Å². The fourth-order valence-electron chi connectivity index (χ4n) is 1.68. The van der Waals surface area contributed by atoms with E-state index in [4.69, 9.17) is 14.3 Å². The smallest absolute Gasteiger partial charge is 0.374 e. The normalized spacial score (nSPS) is 20.9. The van der Waals surface area contributed by atoms with E-state index < -0.39 is 5.97 Å². The van der Waals surface area contributed by atoms with E-state index in [1.807, 2.05) is 0 Å². The average molecular weight is 195 g/mol. The Kier molecular flexibility index (Phi) is 1.23. The van der Waals surface area contributed by atoms with E-state index in [9.17, 15) is 4.79 Å². The third-order valence-corrected chi connectivity index (χ3v) is 2.67. The van der Waals surface area contributed by atoms with Crippen LogP contribution in [0.5, 0.6) is 5.75 Å². The Labute approximate surface area is 79.7 Å². The molecule has 2 N–H and O–H groups in total. The molecule has 14 heavy (non-hydrogen) atoms. The molecule has 5 nitrogen and oxygen atoms in total. The van der Waals surface area contributed by atoms with Gasteiger partial charge in [0.2, 0.25) is 5.76 Å². The van der Waals surface area contributed by atoms with Gasteiger partial charge in [-0.3, -0.25) is 0 Å². The van der Waals surface area contributed by atoms with Crippen molar-refractivity contribution in [2.75, 3.05) is 11.9 Å². The van der Waals surface area contributed by atoms with Crippen molar-refractivity contribution < 1.29 is 19.1 Å². The van der Waals surface area contributed by atoms with Crippen LogP contribution >= 0.6 is 0 Å². The second-order valence-electron chi connectivity index (χ2n) is 3.75. The minimum Gasteiger partial charge on any atom is -0.480 e. The molecule has 0 saturated heterocycles. The van der Waals surface area contributed by atoms with E-state index in [2.05, 4.69) is 5.32 Å². The Morgan fingerprint density at radius 2 is 2.36 bits per heavy atom. The number of rotatable bonds is 1. The topological polar surface area (TPSA) is 71.7 Å². The van der Waals surface area contributed by atoms with Gasteiger partial charge in [-0.1, -0.05) is 0 Å². The summed E-state index contributed by atoms with van der Waals surface area (Å²) < 4.78 is 10.6. The molecule has 5 heteroatoms. The molecular formula is C9H9NO4. The predicted octanol–water partition coefficient (Wildman–Crippen LogP) is 1.31. The number of carbonyl (C=O) groups is 1. The molecule has 1 aromatic rings. The molecule has 0 unspecified atom stereocenters. The second-order valence-corrected chi connectivity index (χ2v) is 3.75. The Bertz CT molecular complexity index is 405. The molecule has 0 atom stereocenters. The maximum atomic E-state index is 10.7. The van der Waals surface area contributed by atoms with Crippen LogP contribution in [0.3, 0.4) is 0 Å². The van der Waals surface area contributed by atoms with Gasteiger partial charge in [-0.25, -0.2) is 4.79 Å². The number of hydrogen-bond donors (Lipinski definition) is 2. The molecule has 1 saturated carbocycles. The van der Waals surface area contributed by atoms with Crippen LogP contribution in [0.1, 0.15) is 23.4 Å². The lowest BCUT2D eigenvalue weighted by Crippen LogP contribution is -2.32. The van der Waals surface area contributed by atoms with Gasteiger partial charge in [-0.15, -0.1) is 0 Å². The first-order chi connectivity index (χ1) is 6.70. The van der Waals surface area contributed by atoms with Gasteiger partial charge in [0.15, 0.2) is 5.75 Å². The van der Waals surface area contributed by atoms with Crippen LogP contribution in [-0.4, -0.2) is 23.2 Å². The van der Waals surface area contributed by atoms with Gasteiger partial charge in [0.1, 0.15) is 17.6 Å². The summed E-state index contributed by atoms with van der Waals surface area (Å²) in [6.45, 7) is 0.666. The van der Waals surface area contributed by atoms with E-state index in [0.29, 0.717) is 18.0 Å². The SMILES string of the molecule is O=C(O)c1occ2c1NCC1(CC1)O2. The van der Waals surface area contributed by atoms with Crippen LogP contribution in [0.2, 0.25) is 0 Å². The Morgan fingerprint density at radius 3 is 3.00 bits per heavy atom. The minimum absolute atomic E-state index is 0.0736. The molecule has 1 aromatic heterocycles. The zero-order chi connectivity index (χ0) is 9.76. The number of furan rings is 1. The molecule has 2 aliphatic rings. The van der Waals surface area contributed by atoms with E-state index >= 15 is 0 Å². The molecule has 1 fully saturated rings. The molecule has 0 bridgehead atoms. The molecule has 1 spiro atoms. The molecular weight excluding hydrogens is 186 g/mol. The summed E-state index contributed by atoms with van der Waals surface area (Å²) in [5.74, 6) is -0.629. The number of anilines is 1. The lowest BCUT2D eigenvalue weighted by molar-refractivity contribution is 0.0663. The van der Waals surface area contributed by atoms with Crippen molar-refractivity contribution in [2.24, 2.45) is 0 Å². The van der Waals surface area contributed by atoms with Crippen molar-refractivity contribution >= 4 is 11.7 Å². The molecule has 0 aromatic carbocycles. The van der Waals surface area contributed by atoms with Crippen LogP contribution in [0.4, 0.5) is 5.69 Å². The zero-order valence-electron chi connectivity index (χ0n) is 7.37. The van der Waals surface area contributed by atoms with Crippen LogP contribution < -0.4 is 10.1 Å². The molecule has 3 rings (SSSR count). The number of carboxylic acid groups (broad SMARTS) is 1. The second kappa shape index (κ2) is 2.23. The molecule has 74 valence electrons. The third kappa shape index (κ3) is 0.921. The lowest BCUT2D eigenvalue weighted by Gasteiger charge is -2.24. The first-order valence-electron chi connectivity index (χ1n) is 4.48. The minimum atomic E-state index is -1.07. The highest BCUT2D eigenvalue weighted by Gasteiger charge is 2.49. The molecule has 1 aliphatic heterocycles. The Hall–Kier alpha value is -1.65. The Morgan fingerprint density at radius 1 is 1.57 bits per heavy atom. The molecule has 0 radical (unpaired) electrons. The van der Waals surface area contributed by atoms with Crippen molar-refractivity contribution in [3.05, 3.63) is 12.0 Å². The van der Waals surface area contributed by atoms with Gasteiger partial charge in [0.25, 0.3) is 0 Å². The maximum Gasteiger partial charge on any atom is 0.374 e. The van der Waals surface area contributed by atoms with Gasteiger partial charge in [0.05, 0.1) is 6.54 Å². The number of aromatic carboxylic acids is 1. The van der Waals surface area contributed by atoms with E-state index in [-0.39, 0.29) is 11.4 Å². The quantitative estimate of drug-likeness (QED) is 0.707. The van der Waals surface area contributed by atoms with Gasteiger partial charge >= 0.3 is 5.97 Å². The fourth-order valence-corrected chi connectivity index (χ4v) is 1.68. The van der Waals surface area contributed by atoms with Crippen molar-refractivity contribution in [1.29, 1.82) is 0 Å².